The Bertz CT molecular complexity index is 1070. The Morgan fingerprint density at radius 2 is 1.60 bits per heavy atom. The monoisotopic (exact) mass is 348 g/mol. The topological polar surface area (TPSA) is 46.4 Å². The van der Waals surface area contributed by atoms with E-state index in [4.69, 9.17) is 21.4 Å². The maximum Gasteiger partial charge on any atom is 0.175 e. The van der Waals surface area contributed by atoms with E-state index in [-0.39, 0.29) is 0 Å². The molecular formula is C20H16N2O2S. The summed E-state index contributed by atoms with van der Waals surface area (Å²) in [5.74, 6) is 0.777. The highest BCUT2D eigenvalue weighted by atomic mass is 32.1. The predicted octanol–water partition coefficient (Wildman–Crippen LogP) is 5.40. The molecular weight excluding hydrogens is 332 g/mol. The second-order valence-electron chi connectivity index (χ2n) is 5.62. The van der Waals surface area contributed by atoms with Crippen LogP contribution in [0, 0.1) is 0 Å². The standard InChI is InChI=1S/C20H16N2O2S/c1-23-15-6-4-5-13(11-15)21-20(25)22-14-9-10-19-17(12-14)16-7-2-3-8-18(16)24-19/h2-12H,1H3,(H2,21,22,25). The minimum absolute atomic E-state index is 0.514. The average Bonchev–Trinajstić information content (AvgIpc) is 3.00. The van der Waals surface area contributed by atoms with Crippen LogP contribution in [0.5, 0.6) is 5.75 Å². The fourth-order valence-electron chi connectivity index (χ4n) is 2.80. The molecule has 5 heteroatoms. The first-order valence-corrected chi connectivity index (χ1v) is 8.27. The van der Waals surface area contributed by atoms with Crippen LogP contribution in [0.1, 0.15) is 0 Å². The zero-order valence-corrected chi connectivity index (χ0v) is 14.4. The van der Waals surface area contributed by atoms with Gasteiger partial charge in [-0.3, -0.25) is 0 Å². The van der Waals surface area contributed by atoms with Gasteiger partial charge in [-0.25, -0.2) is 0 Å². The molecule has 1 heterocycles. The van der Waals surface area contributed by atoms with E-state index in [0.717, 1.165) is 39.1 Å². The minimum atomic E-state index is 0.514. The van der Waals surface area contributed by atoms with Crippen LogP contribution in [0.15, 0.2) is 71.1 Å². The Hall–Kier alpha value is -3.05. The van der Waals surface area contributed by atoms with Crippen molar-refractivity contribution in [2.24, 2.45) is 0 Å². The van der Waals surface area contributed by atoms with Crippen molar-refractivity contribution in [1.29, 1.82) is 0 Å². The number of nitrogens with one attached hydrogen (secondary N) is 2. The van der Waals surface area contributed by atoms with Crippen LogP contribution in [0.3, 0.4) is 0 Å². The molecule has 0 atom stereocenters. The molecule has 0 fully saturated rings. The number of ether oxygens (including phenoxy) is 1. The number of hydrogen-bond donors (Lipinski definition) is 2. The van der Waals surface area contributed by atoms with E-state index in [1.54, 1.807) is 7.11 Å². The summed E-state index contributed by atoms with van der Waals surface area (Å²) in [4.78, 5) is 0. The van der Waals surface area contributed by atoms with Gasteiger partial charge in [-0.2, -0.15) is 0 Å². The summed E-state index contributed by atoms with van der Waals surface area (Å²) in [5.41, 5.74) is 3.51. The van der Waals surface area contributed by atoms with Gasteiger partial charge in [0, 0.05) is 28.2 Å². The number of rotatable bonds is 3. The highest BCUT2D eigenvalue weighted by Crippen LogP contribution is 2.30. The molecule has 1 aromatic heterocycles. The second-order valence-corrected chi connectivity index (χ2v) is 6.03. The third kappa shape index (κ3) is 3.14. The van der Waals surface area contributed by atoms with Crippen molar-refractivity contribution in [2.45, 2.75) is 0 Å². The molecule has 0 amide bonds. The molecule has 3 aromatic carbocycles. The quantitative estimate of drug-likeness (QED) is 0.485. The van der Waals surface area contributed by atoms with Gasteiger partial charge < -0.3 is 19.8 Å². The normalized spacial score (nSPS) is 10.8. The van der Waals surface area contributed by atoms with Crippen LogP contribution in [-0.4, -0.2) is 12.2 Å². The van der Waals surface area contributed by atoms with Crippen LogP contribution in [-0.2, 0) is 0 Å². The Morgan fingerprint density at radius 1 is 0.840 bits per heavy atom. The molecule has 4 aromatic rings. The Balaban J connectivity index is 1.57. The summed E-state index contributed by atoms with van der Waals surface area (Å²) in [6, 6.07) is 21.6. The first kappa shape index (κ1) is 15.5. The lowest BCUT2D eigenvalue weighted by Crippen LogP contribution is -2.18. The molecule has 0 bridgehead atoms. The van der Waals surface area contributed by atoms with Crippen LogP contribution in [0.4, 0.5) is 11.4 Å². The number of anilines is 2. The molecule has 0 aliphatic heterocycles. The molecule has 0 aliphatic carbocycles. The number of thiocarbonyl (C=S) groups is 1. The summed E-state index contributed by atoms with van der Waals surface area (Å²) < 4.78 is 11.1. The smallest absolute Gasteiger partial charge is 0.175 e. The van der Waals surface area contributed by atoms with E-state index >= 15 is 0 Å². The summed E-state index contributed by atoms with van der Waals surface area (Å²) in [5, 5.41) is 9.04. The zero-order valence-electron chi connectivity index (χ0n) is 13.6. The third-order valence-electron chi connectivity index (χ3n) is 3.96. The van der Waals surface area contributed by atoms with E-state index in [9.17, 15) is 0 Å². The first-order chi connectivity index (χ1) is 12.2. The van der Waals surface area contributed by atoms with Gasteiger partial charge >= 0.3 is 0 Å². The largest absolute Gasteiger partial charge is 0.497 e. The molecule has 0 spiro atoms. The molecule has 124 valence electrons. The van der Waals surface area contributed by atoms with E-state index in [1.165, 1.54) is 0 Å². The van der Waals surface area contributed by atoms with Gasteiger partial charge in [-0.15, -0.1) is 0 Å². The maximum atomic E-state index is 5.84. The molecule has 2 N–H and O–H groups in total. The minimum Gasteiger partial charge on any atom is -0.497 e. The van der Waals surface area contributed by atoms with Crippen molar-refractivity contribution < 1.29 is 9.15 Å². The maximum absolute atomic E-state index is 5.84. The van der Waals surface area contributed by atoms with E-state index in [2.05, 4.69) is 16.7 Å². The van der Waals surface area contributed by atoms with Crippen LogP contribution in [0.25, 0.3) is 21.9 Å². The number of hydrogen-bond acceptors (Lipinski definition) is 3. The van der Waals surface area contributed by atoms with Crippen molar-refractivity contribution in [1.82, 2.24) is 0 Å². The average molecular weight is 348 g/mol. The van der Waals surface area contributed by atoms with Gasteiger partial charge in [0.05, 0.1) is 7.11 Å². The summed E-state index contributed by atoms with van der Waals surface area (Å²) in [6.45, 7) is 0. The highest BCUT2D eigenvalue weighted by Gasteiger charge is 2.07. The molecule has 25 heavy (non-hydrogen) atoms. The highest BCUT2D eigenvalue weighted by molar-refractivity contribution is 7.80. The van der Waals surface area contributed by atoms with Crippen LogP contribution in [0.2, 0.25) is 0 Å². The molecule has 0 radical (unpaired) electrons. The molecule has 0 unspecified atom stereocenters. The lowest BCUT2D eigenvalue weighted by atomic mass is 10.1. The van der Waals surface area contributed by atoms with Gasteiger partial charge in [0.15, 0.2) is 5.11 Å². The van der Waals surface area contributed by atoms with Crippen LogP contribution < -0.4 is 15.4 Å². The summed E-state index contributed by atoms with van der Waals surface area (Å²) in [6.07, 6.45) is 0. The first-order valence-electron chi connectivity index (χ1n) is 7.86. The number of methoxy groups -OCH3 is 1. The van der Waals surface area contributed by atoms with Crippen molar-refractivity contribution in [3.05, 3.63) is 66.7 Å². The Morgan fingerprint density at radius 3 is 2.44 bits per heavy atom. The van der Waals surface area contributed by atoms with Crippen molar-refractivity contribution in [2.75, 3.05) is 17.7 Å². The van der Waals surface area contributed by atoms with Crippen LogP contribution >= 0.6 is 12.2 Å². The predicted molar refractivity (Wildman–Crippen MR) is 107 cm³/mol. The van der Waals surface area contributed by atoms with Crippen molar-refractivity contribution in [3.63, 3.8) is 0 Å². The number of fused-ring (bicyclic) bond motifs is 3. The van der Waals surface area contributed by atoms with Gasteiger partial charge in [-0.1, -0.05) is 24.3 Å². The van der Waals surface area contributed by atoms with E-state index in [0.29, 0.717) is 5.11 Å². The lowest BCUT2D eigenvalue weighted by Gasteiger charge is -2.11. The fraction of sp³-hybridized carbons (Fsp3) is 0.0500. The number of benzene rings is 3. The molecule has 4 nitrogen and oxygen atoms in total. The number of furan rings is 1. The van der Waals surface area contributed by atoms with Crippen molar-refractivity contribution in [3.8, 4) is 5.75 Å². The van der Waals surface area contributed by atoms with E-state index < -0.39 is 0 Å². The molecule has 0 saturated carbocycles. The molecule has 4 rings (SSSR count). The lowest BCUT2D eigenvalue weighted by molar-refractivity contribution is 0.415. The number of para-hydroxylation sites is 1. The molecule has 0 saturated heterocycles. The Labute approximate surface area is 150 Å². The van der Waals surface area contributed by atoms with Gasteiger partial charge in [0.1, 0.15) is 16.9 Å². The SMILES string of the molecule is COc1cccc(NC(=S)Nc2ccc3oc4ccccc4c3c2)c1. The molecule has 0 aliphatic rings. The second kappa shape index (κ2) is 6.45. The van der Waals surface area contributed by atoms with Crippen molar-refractivity contribution >= 4 is 50.6 Å². The van der Waals surface area contributed by atoms with Gasteiger partial charge in [0.2, 0.25) is 0 Å². The fourth-order valence-corrected chi connectivity index (χ4v) is 3.03. The Kier molecular flexibility index (Phi) is 3.99. The van der Waals surface area contributed by atoms with E-state index in [1.807, 2.05) is 60.7 Å². The summed E-state index contributed by atoms with van der Waals surface area (Å²) >= 11 is 5.41. The van der Waals surface area contributed by atoms with Gasteiger partial charge in [-0.05, 0) is 48.6 Å². The third-order valence-corrected chi connectivity index (χ3v) is 4.17. The van der Waals surface area contributed by atoms with Gasteiger partial charge in [0.25, 0.3) is 0 Å². The summed E-state index contributed by atoms with van der Waals surface area (Å²) in [7, 11) is 1.64. The zero-order chi connectivity index (χ0) is 17.2.